The Labute approximate surface area is 153 Å². The summed E-state index contributed by atoms with van der Waals surface area (Å²) < 4.78 is 13.9. The number of methoxy groups -OCH3 is 2. The molecule has 2 aromatic heterocycles. The van der Waals surface area contributed by atoms with Crippen molar-refractivity contribution in [1.29, 1.82) is 0 Å². The summed E-state index contributed by atoms with van der Waals surface area (Å²) in [6.07, 6.45) is 0.792. The minimum absolute atomic E-state index is 0.593. The summed E-state index contributed by atoms with van der Waals surface area (Å²) in [5.41, 5.74) is 1.13. The molecule has 0 aliphatic heterocycles. The second-order valence-corrected chi connectivity index (χ2v) is 7.15. The number of H-pyrrole nitrogens is 1. The van der Waals surface area contributed by atoms with Gasteiger partial charge in [-0.05, 0) is 48.5 Å². The normalized spacial score (nSPS) is 10.8. The van der Waals surface area contributed by atoms with Crippen LogP contribution in [0.3, 0.4) is 0 Å². The number of aromatic amines is 1. The lowest BCUT2D eigenvalue weighted by atomic mass is 10.1. The number of hydrogen-bond acceptors (Lipinski definition) is 5. The Morgan fingerprint density at radius 2 is 2.00 bits per heavy atom. The van der Waals surface area contributed by atoms with Gasteiger partial charge in [-0.3, -0.25) is 9.67 Å². The molecule has 3 rings (SSSR count). The van der Waals surface area contributed by atoms with Gasteiger partial charge in [-0.2, -0.15) is 5.10 Å². The first kappa shape index (κ1) is 17.0. The molecular weight excluding hydrogens is 366 g/mol. The third-order valence-corrected chi connectivity index (χ3v) is 5.16. The largest absolute Gasteiger partial charge is 0.493 e. The van der Waals surface area contributed by atoms with Crippen molar-refractivity contribution in [3.8, 4) is 22.2 Å². The average molecular weight is 382 g/mol. The molecule has 0 aliphatic carbocycles. The van der Waals surface area contributed by atoms with E-state index >= 15 is 0 Å². The van der Waals surface area contributed by atoms with Gasteiger partial charge >= 0.3 is 0 Å². The lowest BCUT2D eigenvalue weighted by Gasteiger charge is -2.10. The van der Waals surface area contributed by atoms with Crippen LogP contribution >= 0.6 is 35.2 Å². The molecule has 0 saturated heterocycles. The van der Waals surface area contributed by atoms with E-state index in [1.54, 1.807) is 14.2 Å². The number of nitrogens with one attached hydrogen (secondary N) is 1. The van der Waals surface area contributed by atoms with Gasteiger partial charge in [0, 0.05) is 6.54 Å². The molecule has 0 bridgehead atoms. The monoisotopic (exact) mass is 381 g/mol. The fourth-order valence-corrected chi connectivity index (χ4v) is 3.69. The quantitative estimate of drug-likeness (QED) is 0.635. The van der Waals surface area contributed by atoms with E-state index in [0.717, 1.165) is 38.5 Å². The smallest absolute Gasteiger partial charge is 0.195 e. The second kappa shape index (κ2) is 7.38. The molecule has 0 unspecified atom stereocenters. The van der Waals surface area contributed by atoms with Gasteiger partial charge in [0.1, 0.15) is 0 Å². The van der Waals surface area contributed by atoms with Crippen LogP contribution in [-0.2, 0) is 13.0 Å². The molecule has 126 valence electrons. The van der Waals surface area contributed by atoms with Crippen LogP contribution in [0.25, 0.3) is 10.7 Å². The SMILES string of the molecule is COc1ccc(CCn2c(-c3ccc(Cl)s3)n[nH]c2=S)cc1OC. The average Bonchev–Trinajstić information content (AvgIpc) is 3.18. The highest BCUT2D eigenvalue weighted by Gasteiger charge is 2.12. The van der Waals surface area contributed by atoms with E-state index in [1.165, 1.54) is 11.3 Å². The number of aryl methyl sites for hydroxylation is 1. The molecule has 24 heavy (non-hydrogen) atoms. The van der Waals surface area contributed by atoms with Crippen molar-refractivity contribution >= 4 is 35.2 Å². The predicted octanol–water partition coefficient (Wildman–Crippen LogP) is 4.58. The zero-order valence-corrected chi connectivity index (χ0v) is 15.6. The molecule has 1 aromatic carbocycles. The summed E-state index contributed by atoms with van der Waals surface area (Å²) in [5.74, 6) is 2.24. The molecule has 8 heteroatoms. The van der Waals surface area contributed by atoms with Crippen LogP contribution in [0.15, 0.2) is 30.3 Å². The first-order chi connectivity index (χ1) is 11.6. The molecule has 0 atom stereocenters. The van der Waals surface area contributed by atoms with Crippen molar-refractivity contribution in [2.75, 3.05) is 14.2 Å². The molecule has 2 heterocycles. The summed E-state index contributed by atoms with van der Waals surface area (Å²) in [4.78, 5) is 0.986. The van der Waals surface area contributed by atoms with Crippen molar-refractivity contribution < 1.29 is 9.47 Å². The molecule has 0 fully saturated rings. The fraction of sp³-hybridized carbons (Fsp3) is 0.250. The molecule has 0 aliphatic rings. The van der Waals surface area contributed by atoms with Crippen LogP contribution in [0.5, 0.6) is 11.5 Å². The van der Waals surface area contributed by atoms with Gasteiger partial charge in [-0.15, -0.1) is 11.3 Å². The van der Waals surface area contributed by atoms with Gasteiger partial charge in [0.25, 0.3) is 0 Å². The molecule has 5 nitrogen and oxygen atoms in total. The first-order valence-corrected chi connectivity index (χ1v) is 8.84. The molecular formula is C16H16ClN3O2S2. The summed E-state index contributed by atoms with van der Waals surface area (Å²) in [6, 6.07) is 9.71. The lowest BCUT2D eigenvalue weighted by Crippen LogP contribution is -2.04. The number of thiophene rings is 1. The van der Waals surface area contributed by atoms with E-state index in [2.05, 4.69) is 10.2 Å². The Kier molecular flexibility index (Phi) is 5.23. The number of benzene rings is 1. The van der Waals surface area contributed by atoms with E-state index < -0.39 is 0 Å². The zero-order valence-electron chi connectivity index (χ0n) is 13.2. The second-order valence-electron chi connectivity index (χ2n) is 5.05. The highest BCUT2D eigenvalue weighted by molar-refractivity contribution is 7.71. The lowest BCUT2D eigenvalue weighted by molar-refractivity contribution is 0.354. The molecule has 0 saturated carbocycles. The number of ether oxygens (including phenoxy) is 2. The van der Waals surface area contributed by atoms with E-state index in [0.29, 0.717) is 11.3 Å². The maximum Gasteiger partial charge on any atom is 0.195 e. The molecule has 0 radical (unpaired) electrons. The first-order valence-electron chi connectivity index (χ1n) is 7.24. The summed E-state index contributed by atoms with van der Waals surface area (Å²) >= 11 is 12.9. The number of nitrogens with zero attached hydrogens (tertiary/aromatic N) is 2. The third kappa shape index (κ3) is 3.48. The van der Waals surface area contributed by atoms with E-state index in [-0.39, 0.29) is 0 Å². The summed E-state index contributed by atoms with van der Waals surface area (Å²) in [6.45, 7) is 0.704. The van der Waals surface area contributed by atoms with Crippen molar-refractivity contribution in [3.63, 3.8) is 0 Å². The van der Waals surface area contributed by atoms with Gasteiger partial charge < -0.3 is 9.47 Å². The Morgan fingerprint density at radius 3 is 2.67 bits per heavy atom. The maximum absolute atomic E-state index is 6.02. The summed E-state index contributed by atoms with van der Waals surface area (Å²) in [7, 11) is 3.26. The van der Waals surface area contributed by atoms with Crippen molar-refractivity contribution in [2.45, 2.75) is 13.0 Å². The van der Waals surface area contributed by atoms with Crippen molar-refractivity contribution in [3.05, 3.63) is 45.0 Å². The van der Waals surface area contributed by atoms with Gasteiger partial charge in [0.15, 0.2) is 22.1 Å². The highest BCUT2D eigenvalue weighted by atomic mass is 35.5. The number of hydrogen-bond donors (Lipinski definition) is 1. The Bertz CT molecular complexity index is 901. The van der Waals surface area contributed by atoms with E-state index in [4.69, 9.17) is 33.3 Å². The zero-order chi connectivity index (χ0) is 17.1. The minimum atomic E-state index is 0.593. The number of aromatic nitrogens is 3. The van der Waals surface area contributed by atoms with Crippen LogP contribution in [0.1, 0.15) is 5.56 Å². The summed E-state index contributed by atoms with van der Waals surface area (Å²) in [5, 5.41) is 7.18. The van der Waals surface area contributed by atoms with Crippen LogP contribution in [0.2, 0.25) is 4.34 Å². The standard InChI is InChI=1S/C16H16ClN3O2S2/c1-21-11-4-3-10(9-12(11)22-2)7-8-20-15(18-19-16(20)23)13-5-6-14(17)24-13/h3-6,9H,7-8H2,1-2H3,(H,19,23). The van der Waals surface area contributed by atoms with Gasteiger partial charge in [-0.1, -0.05) is 17.7 Å². The predicted molar refractivity (Wildman–Crippen MR) is 99.0 cm³/mol. The molecule has 3 aromatic rings. The number of halogens is 1. The fourth-order valence-electron chi connectivity index (χ4n) is 2.42. The molecule has 0 spiro atoms. The molecule has 1 N–H and O–H groups in total. The van der Waals surface area contributed by atoms with E-state index in [1.807, 2.05) is 34.9 Å². The highest BCUT2D eigenvalue weighted by Crippen LogP contribution is 2.30. The van der Waals surface area contributed by atoms with Gasteiger partial charge in [0.2, 0.25) is 0 Å². The van der Waals surface area contributed by atoms with Crippen LogP contribution < -0.4 is 9.47 Å². The van der Waals surface area contributed by atoms with Crippen LogP contribution in [0, 0.1) is 4.77 Å². The number of rotatable bonds is 6. The van der Waals surface area contributed by atoms with Gasteiger partial charge in [-0.25, -0.2) is 0 Å². The van der Waals surface area contributed by atoms with Crippen molar-refractivity contribution in [2.24, 2.45) is 0 Å². The Hall–Kier alpha value is -1.83. The maximum atomic E-state index is 6.02. The topological polar surface area (TPSA) is 52.1 Å². The molecule has 0 amide bonds. The Morgan fingerprint density at radius 1 is 1.21 bits per heavy atom. The van der Waals surface area contributed by atoms with Crippen molar-refractivity contribution in [1.82, 2.24) is 14.8 Å². The minimum Gasteiger partial charge on any atom is -0.493 e. The van der Waals surface area contributed by atoms with Gasteiger partial charge in [0.05, 0.1) is 23.4 Å². The Balaban J connectivity index is 1.83. The van der Waals surface area contributed by atoms with E-state index in [9.17, 15) is 0 Å². The van der Waals surface area contributed by atoms with Crippen LogP contribution in [-0.4, -0.2) is 29.0 Å². The van der Waals surface area contributed by atoms with Crippen LogP contribution in [0.4, 0.5) is 0 Å². The third-order valence-electron chi connectivity index (χ3n) is 3.62.